The molecule has 0 bridgehead atoms. The van der Waals surface area contributed by atoms with Crippen LogP contribution < -0.4 is 11.1 Å². The highest BCUT2D eigenvalue weighted by Gasteiger charge is 2.28. The van der Waals surface area contributed by atoms with Crippen LogP contribution in [0.25, 0.3) is 0 Å². The molecule has 0 saturated carbocycles. The number of rotatable bonds is 6. The average Bonchev–Trinajstić information content (AvgIpc) is 2.50. The first-order valence-electron chi connectivity index (χ1n) is 6.05. The molecule has 0 amide bonds. The maximum absolute atomic E-state index is 5.91. The molecule has 1 aliphatic rings. The standard InChI is InChI=1S/C12H26N2O/c1-11(2,13)6-4-8-14-10-12(3)7-5-9-15-12/h14H,4-10,13H2,1-3H3. The van der Waals surface area contributed by atoms with Crippen LogP contribution in [0.3, 0.4) is 0 Å². The van der Waals surface area contributed by atoms with Crippen LogP contribution >= 0.6 is 0 Å². The fourth-order valence-corrected chi connectivity index (χ4v) is 2.00. The molecule has 0 aromatic rings. The van der Waals surface area contributed by atoms with Gasteiger partial charge in [0.2, 0.25) is 0 Å². The van der Waals surface area contributed by atoms with Crippen LogP contribution in [-0.2, 0) is 4.74 Å². The molecule has 1 atom stereocenters. The van der Waals surface area contributed by atoms with Crippen LogP contribution in [0.5, 0.6) is 0 Å². The van der Waals surface area contributed by atoms with Crippen molar-refractivity contribution in [2.45, 2.75) is 57.6 Å². The van der Waals surface area contributed by atoms with Gasteiger partial charge in [0.1, 0.15) is 0 Å². The van der Waals surface area contributed by atoms with Gasteiger partial charge in [-0.25, -0.2) is 0 Å². The third kappa shape index (κ3) is 5.50. The normalized spacial score (nSPS) is 27.2. The summed E-state index contributed by atoms with van der Waals surface area (Å²) in [6.45, 7) is 9.29. The molecule has 1 fully saturated rings. The van der Waals surface area contributed by atoms with Crippen molar-refractivity contribution < 1.29 is 4.74 Å². The first-order valence-corrected chi connectivity index (χ1v) is 6.05. The summed E-state index contributed by atoms with van der Waals surface area (Å²) in [5, 5.41) is 3.46. The van der Waals surface area contributed by atoms with Crippen LogP contribution in [-0.4, -0.2) is 30.8 Å². The van der Waals surface area contributed by atoms with Crippen LogP contribution in [0.15, 0.2) is 0 Å². The molecule has 3 N–H and O–H groups in total. The van der Waals surface area contributed by atoms with Crippen LogP contribution in [0.4, 0.5) is 0 Å². The lowest BCUT2D eigenvalue weighted by Gasteiger charge is -2.24. The van der Waals surface area contributed by atoms with Crippen LogP contribution in [0.2, 0.25) is 0 Å². The lowest BCUT2D eigenvalue weighted by molar-refractivity contribution is 0.0209. The first kappa shape index (κ1) is 12.9. The maximum Gasteiger partial charge on any atom is 0.0779 e. The molecule has 1 aliphatic heterocycles. The highest BCUT2D eigenvalue weighted by molar-refractivity contribution is 4.82. The van der Waals surface area contributed by atoms with Crippen molar-refractivity contribution in [2.75, 3.05) is 19.7 Å². The molecule has 1 saturated heterocycles. The first-order chi connectivity index (χ1) is 6.91. The Morgan fingerprint density at radius 1 is 1.47 bits per heavy atom. The molecule has 0 aromatic heterocycles. The van der Waals surface area contributed by atoms with Gasteiger partial charge in [-0.15, -0.1) is 0 Å². The Morgan fingerprint density at radius 3 is 2.73 bits per heavy atom. The zero-order chi connectivity index (χ0) is 11.4. The van der Waals surface area contributed by atoms with Gasteiger partial charge >= 0.3 is 0 Å². The third-order valence-electron chi connectivity index (χ3n) is 2.97. The smallest absolute Gasteiger partial charge is 0.0779 e. The quantitative estimate of drug-likeness (QED) is 0.661. The molecular weight excluding hydrogens is 188 g/mol. The Labute approximate surface area is 93.8 Å². The summed E-state index contributed by atoms with van der Waals surface area (Å²) >= 11 is 0. The van der Waals surface area contributed by atoms with Gasteiger partial charge in [0.15, 0.2) is 0 Å². The topological polar surface area (TPSA) is 47.3 Å². The lowest BCUT2D eigenvalue weighted by atomic mass is 10.00. The molecule has 15 heavy (non-hydrogen) atoms. The van der Waals surface area contributed by atoms with Crippen molar-refractivity contribution >= 4 is 0 Å². The minimum absolute atomic E-state index is 0.0323. The molecule has 1 heterocycles. The number of hydrogen-bond acceptors (Lipinski definition) is 3. The number of nitrogens with one attached hydrogen (secondary N) is 1. The minimum atomic E-state index is -0.0323. The summed E-state index contributed by atoms with van der Waals surface area (Å²) in [6, 6.07) is 0. The van der Waals surface area contributed by atoms with E-state index in [-0.39, 0.29) is 11.1 Å². The second-order valence-corrected chi connectivity index (χ2v) is 5.67. The second-order valence-electron chi connectivity index (χ2n) is 5.67. The molecule has 0 radical (unpaired) electrons. The molecule has 0 aromatic carbocycles. The predicted molar refractivity (Wildman–Crippen MR) is 64.0 cm³/mol. The van der Waals surface area contributed by atoms with E-state index >= 15 is 0 Å². The Kier molecular flexibility index (Phi) is 4.56. The molecule has 1 unspecified atom stereocenters. The Morgan fingerprint density at radius 2 is 2.20 bits per heavy atom. The zero-order valence-corrected chi connectivity index (χ0v) is 10.4. The SMILES string of the molecule is CC(C)(N)CCCNCC1(C)CCCO1. The van der Waals surface area contributed by atoms with Crippen molar-refractivity contribution in [3.63, 3.8) is 0 Å². The molecule has 90 valence electrons. The minimum Gasteiger partial charge on any atom is -0.374 e. The largest absolute Gasteiger partial charge is 0.374 e. The van der Waals surface area contributed by atoms with E-state index in [0.29, 0.717) is 0 Å². The predicted octanol–water partition coefficient (Wildman–Crippen LogP) is 1.66. The summed E-state index contributed by atoms with van der Waals surface area (Å²) in [6.07, 6.45) is 4.59. The third-order valence-corrected chi connectivity index (χ3v) is 2.97. The average molecular weight is 214 g/mol. The molecule has 1 rings (SSSR count). The summed E-state index contributed by atoms with van der Waals surface area (Å²) in [7, 11) is 0. The van der Waals surface area contributed by atoms with Crippen molar-refractivity contribution in [1.29, 1.82) is 0 Å². The lowest BCUT2D eigenvalue weighted by Crippen LogP contribution is -2.38. The molecule has 3 heteroatoms. The van der Waals surface area contributed by atoms with Crippen molar-refractivity contribution in [2.24, 2.45) is 5.73 Å². The Balaban J connectivity index is 2.02. The summed E-state index contributed by atoms with van der Waals surface area (Å²) in [5.41, 5.74) is 5.96. The van der Waals surface area contributed by atoms with E-state index in [4.69, 9.17) is 10.5 Å². The van der Waals surface area contributed by atoms with E-state index in [1.165, 1.54) is 12.8 Å². The summed E-state index contributed by atoms with van der Waals surface area (Å²) in [4.78, 5) is 0. The van der Waals surface area contributed by atoms with Gasteiger partial charge in [-0.3, -0.25) is 0 Å². The van der Waals surface area contributed by atoms with E-state index in [2.05, 4.69) is 26.1 Å². The van der Waals surface area contributed by atoms with E-state index in [1.807, 2.05) is 0 Å². The number of hydrogen-bond donors (Lipinski definition) is 2. The molecular formula is C12H26N2O. The van der Waals surface area contributed by atoms with Crippen LogP contribution in [0, 0.1) is 0 Å². The highest BCUT2D eigenvalue weighted by Crippen LogP contribution is 2.23. The van der Waals surface area contributed by atoms with Gasteiger partial charge in [0.05, 0.1) is 5.60 Å². The summed E-state index contributed by atoms with van der Waals surface area (Å²) < 4.78 is 5.70. The van der Waals surface area contributed by atoms with Gasteiger partial charge in [-0.1, -0.05) is 0 Å². The van der Waals surface area contributed by atoms with Gasteiger partial charge in [-0.2, -0.15) is 0 Å². The van der Waals surface area contributed by atoms with Crippen molar-refractivity contribution in [1.82, 2.24) is 5.32 Å². The van der Waals surface area contributed by atoms with Crippen molar-refractivity contribution in [3.8, 4) is 0 Å². The Hall–Kier alpha value is -0.120. The van der Waals surface area contributed by atoms with Gasteiger partial charge in [0.25, 0.3) is 0 Å². The maximum atomic E-state index is 5.91. The molecule has 0 spiro atoms. The fraction of sp³-hybridized carbons (Fsp3) is 1.00. The number of ether oxygens (including phenoxy) is 1. The molecule has 3 nitrogen and oxygen atoms in total. The van der Waals surface area contributed by atoms with Gasteiger partial charge in [0, 0.05) is 18.7 Å². The zero-order valence-electron chi connectivity index (χ0n) is 10.4. The Bertz CT molecular complexity index is 181. The van der Waals surface area contributed by atoms with Crippen molar-refractivity contribution in [3.05, 3.63) is 0 Å². The van der Waals surface area contributed by atoms with Gasteiger partial charge in [-0.05, 0) is 53.0 Å². The van der Waals surface area contributed by atoms with E-state index in [0.717, 1.165) is 32.5 Å². The van der Waals surface area contributed by atoms with E-state index in [1.54, 1.807) is 0 Å². The van der Waals surface area contributed by atoms with E-state index < -0.39 is 0 Å². The van der Waals surface area contributed by atoms with Gasteiger partial charge < -0.3 is 15.8 Å². The number of nitrogens with two attached hydrogens (primary N) is 1. The van der Waals surface area contributed by atoms with E-state index in [9.17, 15) is 0 Å². The highest BCUT2D eigenvalue weighted by atomic mass is 16.5. The monoisotopic (exact) mass is 214 g/mol. The fourth-order valence-electron chi connectivity index (χ4n) is 2.00. The molecule has 0 aliphatic carbocycles. The van der Waals surface area contributed by atoms with Crippen LogP contribution in [0.1, 0.15) is 46.5 Å². The summed E-state index contributed by atoms with van der Waals surface area (Å²) in [5.74, 6) is 0. The second kappa shape index (κ2) is 5.28.